The summed E-state index contributed by atoms with van der Waals surface area (Å²) in [5.74, 6) is 0.687. The fourth-order valence-electron chi connectivity index (χ4n) is 2.11. The van der Waals surface area contributed by atoms with Crippen LogP contribution in [-0.4, -0.2) is 16.5 Å². The quantitative estimate of drug-likeness (QED) is 0.764. The van der Waals surface area contributed by atoms with E-state index in [1.165, 1.54) is 22.3 Å². The Balaban J connectivity index is 1.69. The summed E-state index contributed by atoms with van der Waals surface area (Å²) in [7, 11) is 0. The maximum Gasteiger partial charge on any atom is 0.155 e. The fraction of sp³-hybridized carbons (Fsp3) is 0.143. The lowest BCUT2D eigenvalue weighted by Crippen LogP contribution is -2.05. The van der Waals surface area contributed by atoms with Gasteiger partial charge in [-0.05, 0) is 18.1 Å². The minimum atomic E-state index is 0.638. The van der Waals surface area contributed by atoms with Gasteiger partial charge in [-0.25, -0.2) is 4.98 Å². The van der Waals surface area contributed by atoms with Crippen molar-refractivity contribution in [1.82, 2.24) is 9.97 Å². The molecule has 0 aliphatic rings. The van der Waals surface area contributed by atoms with Crippen LogP contribution in [-0.2, 0) is 6.42 Å². The van der Waals surface area contributed by atoms with Crippen molar-refractivity contribution in [1.29, 1.82) is 5.26 Å². The number of H-pyrrole nitrogens is 1. The van der Waals surface area contributed by atoms with Gasteiger partial charge in [0.05, 0.1) is 5.51 Å². The predicted octanol–water partition coefficient (Wildman–Crippen LogP) is 3.15. The second kappa shape index (κ2) is 5.12. The van der Waals surface area contributed by atoms with E-state index in [0.29, 0.717) is 10.7 Å². The number of hydrogen-bond donors (Lipinski definition) is 2. The van der Waals surface area contributed by atoms with Crippen molar-refractivity contribution in [2.45, 2.75) is 6.42 Å². The standard InChI is InChI=1S/C14H12N4S/c15-7-13-14(18-9-19-13)16-6-5-10-8-17-12-4-2-1-3-11(10)12/h1-4,8-9,16-17H,5-6H2. The third kappa shape index (κ3) is 2.30. The Bertz CT molecular complexity index is 735. The molecule has 3 rings (SSSR count). The Morgan fingerprint density at radius 1 is 1.37 bits per heavy atom. The maximum atomic E-state index is 8.91. The summed E-state index contributed by atoms with van der Waals surface area (Å²) in [6, 6.07) is 10.4. The predicted molar refractivity (Wildman–Crippen MR) is 77.3 cm³/mol. The molecule has 0 amide bonds. The van der Waals surface area contributed by atoms with Gasteiger partial charge in [0.25, 0.3) is 0 Å². The van der Waals surface area contributed by atoms with E-state index in [0.717, 1.165) is 18.5 Å². The van der Waals surface area contributed by atoms with Gasteiger partial charge in [0.1, 0.15) is 10.9 Å². The molecular weight excluding hydrogens is 256 g/mol. The number of nitrogens with zero attached hydrogens (tertiary/aromatic N) is 2. The molecular formula is C14H12N4S. The van der Waals surface area contributed by atoms with Crippen LogP contribution in [0, 0.1) is 11.3 Å². The number of aromatic nitrogens is 2. The van der Waals surface area contributed by atoms with Gasteiger partial charge in [0.2, 0.25) is 0 Å². The van der Waals surface area contributed by atoms with E-state index in [2.05, 4.69) is 33.5 Å². The van der Waals surface area contributed by atoms with Crippen LogP contribution in [0.2, 0.25) is 0 Å². The van der Waals surface area contributed by atoms with Crippen LogP contribution >= 0.6 is 11.3 Å². The Labute approximate surface area is 114 Å². The first-order valence-corrected chi connectivity index (χ1v) is 6.89. The van der Waals surface area contributed by atoms with Crippen LogP contribution in [0.5, 0.6) is 0 Å². The highest BCUT2D eigenvalue weighted by atomic mass is 32.1. The second-order valence-electron chi connectivity index (χ2n) is 4.18. The zero-order valence-electron chi connectivity index (χ0n) is 10.2. The fourth-order valence-corrected chi connectivity index (χ4v) is 2.66. The smallest absolute Gasteiger partial charge is 0.155 e. The number of anilines is 1. The number of fused-ring (bicyclic) bond motifs is 1. The molecule has 0 fully saturated rings. The Kier molecular flexibility index (Phi) is 3.17. The summed E-state index contributed by atoms with van der Waals surface area (Å²) in [5.41, 5.74) is 4.12. The van der Waals surface area contributed by atoms with E-state index in [-0.39, 0.29) is 0 Å². The summed E-state index contributed by atoms with van der Waals surface area (Å²) in [4.78, 5) is 8.04. The molecule has 2 heterocycles. The van der Waals surface area contributed by atoms with Gasteiger partial charge in [-0.1, -0.05) is 18.2 Å². The van der Waals surface area contributed by atoms with E-state index in [9.17, 15) is 0 Å². The number of para-hydroxylation sites is 1. The van der Waals surface area contributed by atoms with Crippen molar-refractivity contribution < 1.29 is 0 Å². The number of nitrogens with one attached hydrogen (secondary N) is 2. The molecule has 2 aromatic heterocycles. The zero-order chi connectivity index (χ0) is 13.1. The second-order valence-corrected chi connectivity index (χ2v) is 5.03. The molecule has 4 nitrogen and oxygen atoms in total. The van der Waals surface area contributed by atoms with E-state index in [4.69, 9.17) is 5.26 Å². The zero-order valence-corrected chi connectivity index (χ0v) is 11.0. The van der Waals surface area contributed by atoms with Gasteiger partial charge in [-0.15, -0.1) is 11.3 Å². The Morgan fingerprint density at radius 2 is 2.26 bits per heavy atom. The van der Waals surface area contributed by atoms with Crippen molar-refractivity contribution >= 4 is 28.1 Å². The molecule has 0 bridgehead atoms. The van der Waals surface area contributed by atoms with Crippen LogP contribution < -0.4 is 5.32 Å². The summed E-state index contributed by atoms with van der Waals surface area (Å²) >= 11 is 1.36. The van der Waals surface area contributed by atoms with Gasteiger partial charge in [-0.2, -0.15) is 5.26 Å². The van der Waals surface area contributed by atoms with Crippen LogP contribution in [0.25, 0.3) is 10.9 Å². The van der Waals surface area contributed by atoms with Crippen molar-refractivity contribution in [3.8, 4) is 6.07 Å². The van der Waals surface area contributed by atoms with Crippen molar-refractivity contribution in [2.24, 2.45) is 0 Å². The molecule has 1 aromatic carbocycles. The first kappa shape index (κ1) is 11.8. The molecule has 3 aromatic rings. The number of thiazole rings is 1. The lowest BCUT2D eigenvalue weighted by molar-refractivity contribution is 1.02. The van der Waals surface area contributed by atoms with E-state index in [1.807, 2.05) is 18.3 Å². The molecule has 94 valence electrons. The maximum absolute atomic E-state index is 8.91. The molecule has 0 spiro atoms. The minimum Gasteiger partial charge on any atom is -0.368 e. The number of benzene rings is 1. The molecule has 19 heavy (non-hydrogen) atoms. The van der Waals surface area contributed by atoms with E-state index < -0.39 is 0 Å². The van der Waals surface area contributed by atoms with Crippen LogP contribution in [0.15, 0.2) is 36.0 Å². The molecule has 2 N–H and O–H groups in total. The van der Waals surface area contributed by atoms with Crippen molar-refractivity contribution in [3.05, 3.63) is 46.4 Å². The van der Waals surface area contributed by atoms with Crippen LogP contribution in [0.4, 0.5) is 5.82 Å². The summed E-state index contributed by atoms with van der Waals surface area (Å²) < 4.78 is 0. The van der Waals surface area contributed by atoms with Crippen molar-refractivity contribution in [2.75, 3.05) is 11.9 Å². The highest BCUT2D eigenvalue weighted by Crippen LogP contribution is 2.19. The molecule has 0 unspecified atom stereocenters. The van der Waals surface area contributed by atoms with Gasteiger partial charge >= 0.3 is 0 Å². The number of nitriles is 1. The Morgan fingerprint density at radius 3 is 3.16 bits per heavy atom. The minimum absolute atomic E-state index is 0.638. The molecule has 0 atom stereocenters. The summed E-state index contributed by atoms with van der Waals surface area (Å²) in [6.45, 7) is 0.764. The average molecular weight is 268 g/mol. The lowest BCUT2D eigenvalue weighted by Gasteiger charge is -2.02. The van der Waals surface area contributed by atoms with Gasteiger partial charge < -0.3 is 10.3 Å². The molecule has 0 aliphatic heterocycles. The number of aromatic amines is 1. The molecule has 5 heteroatoms. The lowest BCUT2D eigenvalue weighted by atomic mass is 10.1. The number of rotatable bonds is 4. The average Bonchev–Trinajstić information content (AvgIpc) is 3.06. The first-order valence-electron chi connectivity index (χ1n) is 6.01. The summed E-state index contributed by atoms with van der Waals surface area (Å²) in [6.07, 6.45) is 2.94. The number of hydrogen-bond acceptors (Lipinski definition) is 4. The van der Waals surface area contributed by atoms with Gasteiger partial charge in [0, 0.05) is 23.6 Å². The molecule has 0 saturated carbocycles. The first-order chi connectivity index (χ1) is 9.38. The van der Waals surface area contributed by atoms with Gasteiger partial charge in [-0.3, -0.25) is 0 Å². The third-order valence-electron chi connectivity index (χ3n) is 3.03. The van der Waals surface area contributed by atoms with E-state index in [1.54, 1.807) is 5.51 Å². The third-order valence-corrected chi connectivity index (χ3v) is 3.76. The van der Waals surface area contributed by atoms with Gasteiger partial charge in [0.15, 0.2) is 5.82 Å². The Hall–Kier alpha value is -2.32. The normalized spacial score (nSPS) is 10.5. The molecule has 0 aliphatic carbocycles. The highest BCUT2D eigenvalue weighted by molar-refractivity contribution is 7.10. The van der Waals surface area contributed by atoms with Crippen LogP contribution in [0.3, 0.4) is 0 Å². The van der Waals surface area contributed by atoms with Crippen LogP contribution in [0.1, 0.15) is 10.4 Å². The molecule has 0 radical (unpaired) electrons. The summed E-state index contributed by atoms with van der Waals surface area (Å²) in [5, 5.41) is 13.4. The molecule has 0 saturated heterocycles. The largest absolute Gasteiger partial charge is 0.368 e. The topological polar surface area (TPSA) is 64.5 Å². The highest BCUT2D eigenvalue weighted by Gasteiger charge is 2.06. The SMILES string of the molecule is N#Cc1scnc1NCCc1c[nH]c2ccccc12. The van der Waals surface area contributed by atoms with E-state index >= 15 is 0 Å². The monoisotopic (exact) mass is 268 g/mol. The van der Waals surface area contributed by atoms with Crippen molar-refractivity contribution in [3.63, 3.8) is 0 Å².